The molecule has 5 nitrogen and oxygen atoms in total. The molecule has 3 rings (SSSR count). The third kappa shape index (κ3) is 2.96. The summed E-state index contributed by atoms with van der Waals surface area (Å²) in [6, 6.07) is 7.33. The molecule has 1 amide bonds. The largest absolute Gasteiger partial charge is 0.485 e. The van der Waals surface area contributed by atoms with Crippen molar-refractivity contribution in [2.45, 2.75) is 38.6 Å². The van der Waals surface area contributed by atoms with E-state index >= 15 is 0 Å². The molecular formula is C17H23NO4. The van der Waals surface area contributed by atoms with E-state index in [1.165, 1.54) is 0 Å². The SMILES string of the molecule is CCN(CC)C(=O)c1ccc(OC2COC3CCOC32)cc1. The highest BCUT2D eigenvalue weighted by atomic mass is 16.6. The molecule has 2 aliphatic heterocycles. The Morgan fingerprint density at radius 1 is 1.23 bits per heavy atom. The molecule has 0 radical (unpaired) electrons. The highest BCUT2D eigenvalue weighted by Crippen LogP contribution is 2.29. The van der Waals surface area contributed by atoms with Crippen molar-refractivity contribution in [3.8, 4) is 5.75 Å². The Labute approximate surface area is 131 Å². The van der Waals surface area contributed by atoms with Crippen LogP contribution in [0.4, 0.5) is 0 Å². The lowest BCUT2D eigenvalue weighted by Gasteiger charge is -2.20. The van der Waals surface area contributed by atoms with Crippen molar-refractivity contribution in [2.75, 3.05) is 26.3 Å². The van der Waals surface area contributed by atoms with Gasteiger partial charge >= 0.3 is 0 Å². The summed E-state index contributed by atoms with van der Waals surface area (Å²) < 4.78 is 17.3. The van der Waals surface area contributed by atoms with E-state index in [0.29, 0.717) is 25.3 Å². The first-order valence-corrected chi connectivity index (χ1v) is 8.02. The van der Waals surface area contributed by atoms with Gasteiger partial charge in [0.15, 0.2) is 6.10 Å². The van der Waals surface area contributed by atoms with E-state index in [1.54, 1.807) is 4.90 Å². The molecule has 2 heterocycles. The predicted molar refractivity (Wildman–Crippen MR) is 82.2 cm³/mol. The van der Waals surface area contributed by atoms with E-state index in [-0.39, 0.29) is 24.2 Å². The monoisotopic (exact) mass is 305 g/mol. The molecule has 1 aromatic carbocycles. The summed E-state index contributed by atoms with van der Waals surface area (Å²) in [5.74, 6) is 0.806. The summed E-state index contributed by atoms with van der Waals surface area (Å²) in [5, 5.41) is 0. The van der Waals surface area contributed by atoms with Gasteiger partial charge in [-0.1, -0.05) is 0 Å². The molecule has 1 aromatic rings. The van der Waals surface area contributed by atoms with Gasteiger partial charge in [0.05, 0.1) is 12.7 Å². The summed E-state index contributed by atoms with van der Waals surface area (Å²) in [5.41, 5.74) is 0.689. The first kappa shape index (κ1) is 15.3. The second kappa shape index (κ2) is 6.67. The van der Waals surface area contributed by atoms with Crippen molar-refractivity contribution in [1.82, 2.24) is 4.90 Å². The van der Waals surface area contributed by atoms with Crippen molar-refractivity contribution in [3.63, 3.8) is 0 Å². The fourth-order valence-corrected chi connectivity index (χ4v) is 3.08. The van der Waals surface area contributed by atoms with Crippen LogP contribution in [0.3, 0.4) is 0 Å². The normalized spacial score (nSPS) is 26.7. The van der Waals surface area contributed by atoms with Crippen LogP contribution in [0.5, 0.6) is 5.75 Å². The van der Waals surface area contributed by atoms with Gasteiger partial charge in [-0.2, -0.15) is 0 Å². The summed E-state index contributed by atoms with van der Waals surface area (Å²) in [4.78, 5) is 14.1. The number of fused-ring (bicyclic) bond motifs is 1. The molecule has 5 heteroatoms. The van der Waals surface area contributed by atoms with Gasteiger partial charge in [0.2, 0.25) is 0 Å². The summed E-state index contributed by atoms with van der Waals surface area (Å²) in [6.07, 6.45) is 1.10. The lowest BCUT2D eigenvalue weighted by atomic mass is 10.1. The zero-order valence-electron chi connectivity index (χ0n) is 13.2. The summed E-state index contributed by atoms with van der Waals surface area (Å²) in [6.45, 7) is 6.71. The molecule has 2 aliphatic rings. The molecule has 0 bridgehead atoms. The van der Waals surface area contributed by atoms with Crippen LogP contribution in [0.2, 0.25) is 0 Å². The second-order valence-corrected chi connectivity index (χ2v) is 5.65. The van der Waals surface area contributed by atoms with Gasteiger partial charge in [-0.15, -0.1) is 0 Å². The van der Waals surface area contributed by atoms with Gasteiger partial charge in [-0.05, 0) is 44.5 Å². The number of amides is 1. The summed E-state index contributed by atoms with van der Waals surface area (Å²) in [7, 11) is 0. The maximum Gasteiger partial charge on any atom is 0.253 e. The van der Waals surface area contributed by atoms with Gasteiger partial charge in [0.25, 0.3) is 5.91 Å². The Balaban J connectivity index is 1.63. The van der Waals surface area contributed by atoms with Crippen LogP contribution < -0.4 is 4.74 Å². The highest BCUT2D eigenvalue weighted by molar-refractivity contribution is 5.94. The Hall–Kier alpha value is -1.59. The molecule has 22 heavy (non-hydrogen) atoms. The van der Waals surface area contributed by atoms with Gasteiger partial charge in [-0.3, -0.25) is 4.79 Å². The molecule has 0 aromatic heterocycles. The summed E-state index contributed by atoms with van der Waals surface area (Å²) >= 11 is 0. The maximum absolute atomic E-state index is 12.3. The van der Waals surface area contributed by atoms with Crippen LogP contribution >= 0.6 is 0 Å². The zero-order valence-corrected chi connectivity index (χ0v) is 13.2. The number of nitrogens with zero attached hydrogens (tertiary/aromatic N) is 1. The van der Waals surface area contributed by atoms with Gasteiger partial charge < -0.3 is 19.1 Å². The fourth-order valence-electron chi connectivity index (χ4n) is 3.08. The maximum atomic E-state index is 12.3. The lowest BCUT2D eigenvalue weighted by molar-refractivity contribution is 0.0308. The number of carbonyl (C=O) groups is 1. The minimum atomic E-state index is -0.0585. The van der Waals surface area contributed by atoms with Crippen LogP contribution in [-0.4, -0.2) is 55.4 Å². The number of hydrogen-bond acceptors (Lipinski definition) is 4. The van der Waals surface area contributed by atoms with Crippen LogP contribution in [0, 0.1) is 0 Å². The minimum Gasteiger partial charge on any atom is -0.485 e. The Kier molecular flexibility index (Phi) is 4.64. The zero-order chi connectivity index (χ0) is 15.5. The number of benzene rings is 1. The number of rotatable bonds is 5. The number of carbonyl (C=O) groups excluding carboxylic acids is 1. The Morgan fingerprint density at radius 3 is 2.64 bits per heavy atom. The molecule has 0 aliphatic carbocycles. The first-order chi connectivity index (χ1) is 10.7. The second-order valence-electron chi connectivity index (χ2n) is 5.65. The third-order valence-corrected chi connectivity index (χ3v) is 4.36. The molecule has 0 spiro atoms. The molecule has 0 N–H and O–H groups in total. The van der Waals surface area contributed by atoms with E-state index in [9.17, 15) is 4.79 Å². The fraction of sp³-hybridized carbons (Fsp3) is 0.588. The van der Waals surface area contributed by atoms with Gasteiger partial charge in [0, 0.05) is 25.3 Å². The first-order valence-electron chi connectivity index (χ1n) is 8.02. The topological polar surface area (TPSA) is 48.0 Å². The Morgan fingerprint density at radius 2 is 1.95 bits per heavy atom. The molecule has 3 unspecified atom stereocenters. The smallest absolute Gasteiger partial charge is 0.253 e. The average molecular weight is 305 g/mol. The number of hydrogen-bond donors (Lipinski definition) is 0. The van der Waals surface area contributed by atoms with Crippen LogP contribution in [0.15, 0.2) is 24.3 Å². The van der Waals surface area contributed by atoms with Crippen LogP contribution in [-0.2, 0) is 9.47 Å². The third-order valence-electron chi connectivity index (χ3n) is 4.36. The highest BCUT2D eigenvalue weighted by Gasteiger charge is 2.43. The standard InChI is InChI=1S/C17H23NO4/c1-3-18(4-2)17(19)12-5-7-13(8-6-12)22-15-11-21-14-9-10-20-16(14)15/h5-8,14-16H,3-4,9-11H2,1-2H3. The quantitative estimate of drug-likeness (QED) is 0.836. The van der Waals surface area contributed by atoms with E-state index in [4.69, 9.17) is 14.2 Å². The number of ether oxygens (including phenoxy) is 3. The van der Waals surface area contributed by atoms with Crippen molar-refractivity contribution in [1.29, 1.82) is 0 Å². The predicted octanol–water partition coefficient (Wildman–Crippen LogP) is 2.10. The van der Waals surface area contributed by atoms with Crippen LogP contribution in [0.25, 0.3) is 0 Å². The molecule has 0 saturated carbocycles. The van der Waals surface area contributed by atoms with Gasteiger partial charge in [-0.25, -0.2) is 0 Å². The minimum absolute atomic E-state index is 0.0389. The van der Waals surface area contributed by atoms with E-state index in [2.05, 4.69) is 0 Å². The molecular weight excluding hydrogens is 282 g/mol. The molecule has 120 valence electrons. The van der Waals surface area contributed by atoms with Crippen molar-refractivity contribution < 1.29 is 19.0 Å². The van der Waals surface area contributed by atoms with Crippen LogP contribution in [0.1, 0.15) is 30.6 Å². The van der Waals surface area contributed by atoms with Gasteiger partial charge in [0.1, 0.15) is 11.9 Å². The Bertz CT molecular complexity index is 512. The molecule has 3 atom stereocenters. The van der Waals surface area contributed by atoms with Crippen molar-refractivity contribution in [3.05, 3.63) is 29.8 Å². The molecule has 2 fully saturated rings. The van der Waals surface area contributed by atoms with E-state index < -0.39 is 0 Å². The lowest BCUT2D eigenvalue weighted by Crippen LogP contribution is -2.32. The van der Waals surface area contributed by atoms with E-state index in [1.807, 2.05) is 38.1 Å². The van der Waals surface area contributed by atoms with Crippen molar-refractivity contribution in [2.24, 2.45) is 0 Å². The molecule has 2 saturated heterocycles. The van der Waals surface area contributed by atoms with Crippen molar-refractivity contribution >= 4 is 5.91 Å². The van der Waals surface area contributed by atoms with E-state index in [0.717, 1.165) is 18.8 Å². The average Bonchev–Trinajstić information content (AvgIpc) is 3.14.